The van der Waals surface area contributed by atoms with Crippen LogP contribution in [0.25, 0.3) is 0 Å². The van der Waals surface area contributed by atoms with Crippen molar-refractivity contribution in [3.05, 3.63) is 102 Å². The van der Waals surface area contributed by atoms with Gasteiger partial charge < -0.3 is 10.2 Å². The summed E-state index contributed by atoms with van der Waals surface area (Å²) in [6, 6.07) is 25.0. The van der Waals surface area contributed by atoms with Gasteiger partial charge in [-0.25, -0.2) is 4.39 Å². The number of nitrogens with one attached hydrogen (secondary N) is 1. The van der Waals surface area contributed by atoms with E-state index >= 15 is 0 Å². The van der Waals surface area contributed by atoms with Crippen LogP contribution in [0.15, 0.2) is 84.9 Å². The fraction of sp³-hybridized carbons (Fsp3) is 0.167. The van der Waals surface area contributed by atoms with Gasteiger partial charge in [-0.15, -0.1) is 0 Å². The lowest BCUT2D eigenvalue weighted by molar-refractivity contribution is -0.122. The average Bonchev–Trinajstić information content (AvgIpc) is 2.73. The van der Waals surface area contributed by atoms with E-state index in [-0.39, 0.29) is 24.9 Å². The van der Waals surface area contributed by atoms with Crippen LogP contribution in [-0.4, -0.2) is 24.9 Å². The summed E-state index contributed by atoms with van der Waals surface area (Å²) in [6.07, 6.45) is 0. The second-order valence-corrected chi connectivity index (χ2v) is 6.70. The Balaban J connectivity index is 1.72. The third-order valence-electron chi connectivity index (χ3n) is 4.66. The number of halogens is 1. The molecule has 5 heteroatoms. The molecule has 3 aromatic carbocycles. The molecule has 1 N–H and O–H groups in total. The van der Waals surface area contributed by atoms with E-state index < -0.39 is 11.7 Å². The zero-order valence-corrected chi connectivity index (χ0v) is 16.2. The van der Waals surface area contributed by atoms with Crippen LogP contribution in [0.4, 0.5) is 10.1 Å². The van der Waals surface area contributed by atoms with Gasteiger partial charge in [0.05, 0.1) is 5.92 Å². The molecule has 4 nitrogen and oxygen atoms in total. The first kappa shape index (κ1) is 20.3. The highest BCUT2D eigenvalue weighted by Crippen LogP contribution is 2.24. The third-order valence-corrected chi connectivity index (χ3v) is 4.66. The Bertz CT molecular complexity index is 921. The number of anilines is 1. The number of carbonyl (C=O) groups is 2. The van der Waals surface area contributed by atoms with Crippen LogP contribution in [0.3, 0.4) is 0 Å². The lowest BCUT2D eigenvalue weighted by Gasteiger charge is -2.23. The molecule has 0 unspecified atom stereocenters. The topological polar surface area (TPSA) is 49.4 Å². The van der Waals surface area contributed by atoms with Gasteiger partial charge in [0.2, 0.25) is 11.8 Å². The first-order valence-corrected chi connectivity index (χ1v) is 9.47. The molecule has 0 aliphatic carbocycles. The van der Waals surface area contributed by atoms with Crippen LogP contribution in [-0.2, 0) is 9.59 Å². The lowest BCUT2D eigenvalue weighted by atomic mass is 9.90. The number of benzene rings is 3. The summed E-state index contributed by atoms with van der Waals surface area (Å²) in [5.74, 6) is -1.22. The van der Waals surface area contributed by atoms with Crippen molar-refractivity contribution in [2.24, 2.45) is 0 Å². The van der Waals surface area contributed by atoms with Crippen molar-refractivity contribution >= 4 is 17.5 Å². The van der Waals surface area contributed by atoms with Gasteiger partial charge in [0, 0.05) is 25.7 Å². The van der Waals surface area contributed by atoms with Gasteiger partial charge >= 0.3 is 0 Å². The number of rotatable bonds is 7. The van der Waals surface area contributed by atoms with E-state index in [9.17, 15) is 14.0 Å². The average molecular weight is 390 g/mol. The summed E-state index contributed by atoms with van der Waals surface area (Å²) in [5, 5.41) is 2.92. The van der Waals surface area contributed by atoms with Crippen molar-refractivity contribution in [1.82, 2.24) is 5.32 Å². The smallest absolute Gasteiger partial charge is 0.232 e. The quantitative estimate of drug-likeness (QED) is 0.660. The molecule has 0 heterocycles. The van der Waals surface area contributed by atoms with E-state index in [1.807, 2.05) is 60.7 Å². The summed E-state index contributed by atoms with van der Waals surface area (Å²) < 4.78 is 13.5. The van der Waals surface area contributed by atoms with E-state index in [1.165, 1.54) is 24.0 Å². The Morgan fingerprint density at radius 1 is 0.897 bits per heavy atom. The molecule has 2 amide bonds. The molecule has 0 spiro atoms. The number of hydrogen-bond donors (Lipinski definition) is 1. The third kappa shape index (κ3) is 5.29. The molecule has 3 aromatic rings. The molecule has 0 radical (unpaired) electrons. The van der Waals surface area contributed by atoms with E-state index in [0.29, 0.717) is 5.69 Å². The van der Waals surface area contributed by atoms with Crippen LogP contribution in [0.1, 0.15) is 24.0 Å². The van der Waals surface area contributed by atoms with Crippen molar-refractivity contribution in [3.8, 4) is 0 Å². The SMILES string of the molecule is CC(=O)N(CCNC(=O)C(c1ccccc1)c1ccccc1)c1cccc(F)c1. The highest BCUT2D eigenvalue weighted by Gasteiger charge is 2.22. The minimum absolute atomic E-state index is 0.148. The minimum atomic E-state index is -0.447. The van der Waals surface area contributed by atoms with Crippen LogP contribution < -0.4 is 10.2 Å². The Hall–Kier alpha value is -3.47. The zero-order valence-electron chi connectivity index (χ0n) is 16.2. The molecule has 148 valence electrons. The maximum atomic E-state index is 13.5. The van der Waals surface area contributed by atoms with Crippen molar-refractivity contribution in [2.75, 3.05) is 18.0 Å². The predicted molar refractivity (Wildman–Crippen MR) is 112 cm³/mol. The van der Waals surface area contributed by atoms with Gasteiger partial charge in [-0.2, -0.15) is 0 Å². The first-order chi connectivity index (χ1) is 14.1. The van der Waals surface area contributed by atoms with Gasteiger partial charge in [-0.1, -0.05) is 66.7 Å². The maximum absolute atomic E-state index is 13.5. The van der Waals surface area contributed by atoms with Crippen LogP contribution >= 0.6 is 0 Å². The number of hydrogen-bond acceptors (Lipinski definition) is 2. The van der Waals surface area contributed by atoms with Crippen molar-refractivity contribution in [1.29, 1.82) is 0 Å². The lowest BCUT2D eigenvalue weighted by Crippen LogP contribution is -2.39. The van der Waals surface area contributed by atoms with Gasteiger partial charge in [-0.05, 0) is 29.3 Å². The zero-order chi connectivity index (χ0) is 20.6. The number of amides is 2. The number of nitrogens with zero attached hydrogens (tertiary/aromatic N) is 1. The van der Waals surface area contributed by atoms with E-state index in [2.05, 4.69) is 5.32 Å². The minimum Gasteiger partial charge on any atom is -0.353 e. The molecule has 0 saturated heterocycles. The van der Waals surface area contributed by atoms with Crippen molar-refractivity contribution in [2.45, 2.75) is 12.8 Å². The summed E-state index contributed by atoms with van der Waals surface area (Å²) in [7, 11) is 0. The van der Waals surface area contributed by atoms with E-state index in [4.69, 9.17) is 0 Å². The highest BCUT2D eigenvalue weighted by atomic mass is 19.1. The summed E-state index contributed by atoms with van der Waals surface area (Å²) >= 11 is 0. The molecule has 29 heavy (non-hydrogen) atoms. The normalized spacial score (nSPS) is 10.6. The van der Waals surface area contributed by atoms with E-state index in [1.54, 1.807) is 12.1 Å². The number of carbonyl (C=O) groups excluding carboxylic acids is 2. The molecule has 0 fully saturated rings. The molecule has 0 saturated carbocycles. The van der Waals surface area contributed by atoms with Crippen LogP contribution in [0.5, 0.6) is 0 Å². The van der Waals surface area contributed by atoms with Gasteiger partial charge in [0.1, 0.15) is 5.82 Å². The molecule has 0 aliphatic rings. The Labute approximate surface area is 170 Å². The second-order valence-electron chi connectivity index (χ2n) is 6.70. The molecular weight excluding hydrogens is 367 g/mol. The summed E-state index contributed by atoms with van der Waals surface area (Å²) in [4.78, 5) is 26.5. The fourth-order valence-electron chi connectivity index (χ4n) is 3.29. The van der Waals surface area contributed by atoms with Crippen molar-refractivity contribution < 1.29 is 14.0 Å². The molecule has 0 aliphatic heterocycles. The molecule has 3 rings (SSSR count). The summed E-state index contributed by atoms with van der Waals surface area (Å²) in [6.45, 7) is 1.93. The van der Waals surface area contributed by atoms with Crippen LogP contribution in [0, 0.1) is 5.82 Å². The molecular formula is C24H23FN2O2. The van der Waals surface area contributed by atoms with Crippen molar-refractivity contribution in [3.63, 3.8) is 0 Å². The van der Waals surface area contributed by atoms with Gasteiger partial charge in [0.25, 0.3) is 0 Å². The predicted octanol–water partition coefficient (Wildman–Crippen LogP) is 4.13. The molecule has 0 atom stereocenters. The largest absolute Gasteiger partial charge is 0.353 e. The standard InChI is InChI=1S/C24H23FN2O2/c1-18(28)27(22-14-8-13-21(25)17-22)16-15-26-24(29)23(19-9-4-2-5-10-19)20-11-6-3-7-12-20/h2-14,17,23H,15-16H2,1H3,(H,26,29). The fourth-order valence-corrected chi connectivity index (χ4v) is 3.29. The Morgan fingerprint density at radius 2 is 1.48 bits per heavy atom. The van der Waals surface area contributed by atoms with Gasteiger partial charge in [0.15, 0.2) is 0 Å². The second kappa shape index (κ2) is 9.64. The Morgan fingerprint density at radius 3 is 2.00 bits per heavy atom. The molecule has 0 bridgehead atoms. The summed E-state index contributed by atoms with van der Waals surface area (Å²) in [5.41, 5.74) is 2.25. The monoisotopic (exact) mass is 390 g/mol. The van der Waals surface area contributed by atoms with E-state index in [0.717, 1.165) is 11.1 Å². The van der Waals surface area contributed by atoms with Crippen LogP contribution in [0.2, 0.25) is 0 Å². The van der Waals surface area contributed by atoms with Gasteiger partial charge in [-0.3, -0.25) is 9.59 Å². The highest BCUT2D eigenvalue weighted by molar-refractivity contribution is 5.91. The maximum Gasteiger partial charge on any atom is 0.232 e. The first-order valence-electron chi connectivity index (χ1n) is 9.47. The Kier molecular flexibility index (Phi) is 6.74. The molecule has 0 aromatic heterocycles.